The molecule has 0 saturated carbocycles. The molecule has 0 bridgehead atoms. The molecule has 7 heteroatoms. The van der Waals surface area contributed by atoms with Crippen LogP contribution in [0.25, 0.3) is 0 Å². The number of amides is 1. The van der Waals surface area contributed by atoms with Crippen molar-refractivity contribution < 1.29 is 19.0 Å². The number of piperidine rings is 1. The number of rotatable bonds is 6. The molecule has 3 aliphatic rings. The molecule has 2 saturated heterocycles. The van der Waals surface area contributed by atoms with Crippen LogP contribution < -0.4 is 14.8 Å². The van der Waals surface area contributed by atoms with Gasteiger partial charge >= 0.3 is 6.09 Å². The van der Waals surface area contributed by atoms with Crippen molar-refractivity contribution in [2.75, 3.05) is 53.6 Å². The smallest absolute Gasteiger partial charge is 0.410 e. The largest absolute Gasteiger partial charge is 0.493 e. The van der Waals surface area contributed by atoms with Gasteiger partial charge < -0.3 is 24.4 Å². The molecule has 3 aliphatic heterocycles. The molecule has 3 unspecified atom stereocenters. The van der Waals surface area contributed by atoms with Crippen LogP contribution in [0.2, 0.25) is 0 Å². The highest BCUT2D eigenvalue weighted by Gasteiger charge is 2.40. The molecular weight excluding hydrogens is 418 g/mol. The molecule has 33 heavy (non-hydrogen) atoms. The first kappa shape index (κ1) is 24.1. The molecule has 0 radical (unpaired) electrons. The number of nitrogens with one attached hydrogen (secondary N) is 1. The van der Waals surface area contributed by atoms with Crippen molar-refractivity contribution in [3.05, 3.63) is 23.3 Å². The van der Waals surface area contributed by atoms with Crippen LogP contribution >= 0.6 is 0 Å². The maximum Gasteiger partial charge on any atom is 0.410 e. The van der Waals surface area contributed by atoms with E-state index >= 15 is 0 Å². The molecule has 0 spiro atoms. The third kappa shape index (κ3) is 5.24. The highest BCUT2D eigenvalue weighted by atomic mass is 16.6. The fourth-order valence-corrected chi connectivity index (χ4v) is 5.95. The molecule has 1 N–H and O–H groups in total. The lowest BCUT2D eigenvalue weighted by Crippen LogP contribution is -2.53. The first-order chi connectivity index (χ1) is 15.9. The number of hydrogen-bond acceptors (Lipinski definition) is 6. The van der Waals surface area contributed by atoms with Gasteiger partial charge in [-0.25, -0.2) is 4.79 Å². The molecule has 1 amide bonds. The van der Waals surface area contributed by atoms with Gasteiger partial charge in [0.15, 0.2) is 11.5 Å². The zero-order chi connectivity index (χ0) is 23.5. The van der Waals surface area contributed by atoms with Gasteiger partial charge in [-0.05, 0) is 67.2 Å². The molecule has 184 valence electrons. The topological polar surface area (TPSA) is 63.3 Å². The van der Waals surface area contributed by atoms with E-state index in [2.05, 4.69) is 43.1 Å². The number of carbonyl (C=O) groups is 1. The zero-order valence-corrected chi connectivity index (χ0v) is 20.9. The molecule has 4 rings (SSSR count). The Labute approximate surface area is 198 Å². The predicted octanol–water partition coefficient (Wildman–Crippen LogP) is 3.72. The molecule has 4 atom stereocenters. The second kappa shape index (κ2) is 10.5. The minimum atomic E-state index is -0.162. The summed E-state index contributed by atoms with van der Waals surface area (Å²) in [6.07, 6.45) is 3.03. The van der Waals surface area contributed by atoms with Crippen molar-refractivity contribution >= 4 is 6.09 Å². The number of nitrogens with zero attached hydrogens (tertiary/aromatic N) is 2. The maximum absolute atomic E-state index is 12.9. The quantitative estimate of drug-likeness (QED) is 0.700. The van der Waals surface area contributed by atoms with Gasteiger partial charge in [0.2, 0.25) is 0 Å². The van der Waals surface area contributed by atoms with Gasteiger partial charge in [-0.15, -0.1) is 0 Å². The van der Waals surface area contributed by atoms with Crippen molar-refractivity contribution in [3.63, 3.8) is 0 Å². The normalized spacial score (nSPS) is 27.6. The van der Waals surface area contributed by atoms with E-state index in [-0.39, 0.29) is 12.1 Å². The van der Waals surface area contributed by atoms with Crippen molar-refractivity contribution in [1.82, 2.24) is 15.1 Å². The first-order valence-electron chi connectivity index (χ1n) is 12.5. The molecule has 3 heterocycles. The van der Waals surface area contributed by atoms with Crippen molar-refractivity contribution in [3.8, 4) is 11.5 Å². The summed E-state index contributed by atoms with van der Waals surface area (Å²) < 4.78 is 17.1. The van der Waals surface area contributed by atoms with Crippen LogP contribution in [0.5, 0.6) is 11.5 Å². The second-order valence-electron chi connectivity index (χ2n) is 10.4. The predicted molar refractivity (Wildman–Crippen MR) is 129 cm³/mol. The van der Waals surface area contributed by atoms with Crippen LogP contribution in [0.1, 0.15) is 50.8 Å². The monoisotopic (exact) mass is 459 g/mol. The molecular formula is C26H41N3O4. The summed E-state index contributed by atoms with van der Waals surface area (Å²) >= 11 is 0. The van der Waals surface area contributed by atoms with Crippen molar-refractivity contribution in [2.45, 2.75) is 52.1 Å². The van der Waals surface area contributed by atoms with E-state index in [0.29, 0.717) is 36.9 Å². The molecule has 7 nitrogen and oxygen atoms in total. The number of methoxy groups -OCH3 is 2. The highest BCUT2D eigenvalue weighted by Crippen LogP contribution is 2.45. The van der Waals surface area contributed by atoms with E-state index in [1.165, 1.54) is 11.1 Å². The lowest BCUT2D eigenvalue weighted by molar-refractivity contribution is 0.00209. The van der Waals surface area contributed by atoms with Crippen LogP contribution in [0.15, 0.2) is 12.1 Å². The molecule has 1 aromatic carbocycles. The minimum absolute atomic E-state index is 0.162. The van der Waals surface area contributed by atoms with Crippen molar-refractivity contribution in [1.29, 1.82) is 0 Å². The number of carbonyl (C=O) groups excluding carboxylic acids is 1. The standard InChI is InChI=1S/C26H41N3O4/c1-17(2)10-20-15-28-8-6-19-12-24(31-4)25(32-5)13-22(19)23(28)11-21(20)16-33-26(30)29-9-7-27-14-18(29)3/h12-13,17-18,20-21,23,27H,6-11,14-16H2,1-5H3/t18-,20?,21?,23?/m0/s1. The van der Waals surface area contributed by atoms with E-state index in [4.69, 9.17) is 14.2 Å². The van der Waals surface area contributed by atoms with E-state index in [1.54, 1.807) is 14.2 Å². The van der Waals surface area contributed by atoms with E-state index in [9.17, 15) is 4.79 Å². The number of fused-ring (bicyclic) bond motifs is 3. The summed E-state index contributed by atoms with van der Waals surface area (Å²) in [5, 5.41) is 3.34. The van der Waals surface area contributed by atoms with Gasteiger partial charge in [0, 0.05) is 44.8 Å². The molecule has 2 fully saturated rings. The van der Waals surface area contributed by atoms with Crippen LogP contribution in [0.3, 0.4) is 0 Å². The average molecular weight is 460 g/mol. The van der Waals surface area contributed by atoms with Crippen LogP contribution in [-0.4, -0.2) is 75.5 Å². The maximum atomic E-state index is 12.9. The van der Waals surface area contributed by atoms with Gasteiger partial charge in [-0.3, -0.25) is 4.90 Å². The third-order valence-corrected chi connectivity index (χ3v) is 7.71. The van der Waals surface area contributed by atoms with Gasteiger partial charge in [-0.2, -0.15) is 0 Å². The lowest BCUT2D eigenvalue weighted by Gasteiger charge is -2.47. The highest BCUT2D eigenvalue weighted by molar-refractivity contribution is 5.68. The Bertz CT molecular complexity index is 830. The summed E-state index contributed by atoms with van der Waals surface area (Å²) in [7, 11) is 3.39. The van der Waals surface area contributed by atoms with Crippen LogP contribution in [0.4, 0.5) is 4.79 Å². The summed E-state index contributed by atoms with van der Waals surface area (Å²) in [6, 6.07) is 4.82. The van der Waals surface area contributed by atoms with E-state index in [0.717, 1.165) is 56.9 Å². The summed E-state index contributed by atoms with van der Waals surface area (Å²) in [6.45, 7) is 11.7. The average Bonchev–Trinajstić information content (AvgIpc) is 2.81. The molecule has 1 aromatic rings. The first-order valence-corrected chi connectivity index (χ1v) is 12.5. The summed E-state index contributed by atoms with van der Waals surface area (Å²) in [4.78, 5) is 17.4. The summed E-state index contributed by atoms with van der Waals surface area (Å²) in [5.74, 6) is 3.11. The molecule has 0 aliphatic carbocycles. The number of hydrogen-bond donors (Lipinski definition) is 1. The zero-order valence-electron chi connectivity index (χ0n) is 20.9. The van der Waals surface area contributed by atoms with E-state index < -0.39 is 0 Å². The molecule has 0 aromatic heterocycles. The van der Waals surface area contributed by atoms with E-state index in [1.807, 2.05) is 4.90 Å². The van der Waals surface area contributed by atoms with Crippen LogP contribution in [-0.2, 0) is 11.2 Å². The lowest BCUT2D eigenvalue weighted by atomic mass is 9.74. The number of benzene rings is 1. The Morgan fingerprint density at radius 2 is 1.91 bits per heavy atom. The fraction of sp³-hybridized carbons (Fsp3) is 0.731. The second-order valence-corrected chi connectivity index (χ2v) is 10.4. The van der Waals surface area contributed by atoms with Crippen LogP contribution in [0, 0.1) is 17.8 Å². The van der Waals surface area contributed by atoms with Gasteiger partial charge in [0.25, 0.3) is 0 Å². The third-order valence-electron chi connectivity index (χ3n) is 7.71. The Hall–Kier alpha value is -1.99. The van der Waals surface area contributed by atoms with Gasteiger partial charge in [0.1, 0.15) is 0 Å². The van der Waals surface area contributed by atoms with Crippen molar-refractivity contribution in [2.24, 2.45) is 17.8 Å². The number of piperazine rings is 1. The fourth-order valence-electron chi connectivity index (χ4n) is 5.95. The minimum Gasteiger partial charge on any atom is -0.493 e. The Kier molecular flexibility index (Phi) is 7.69. The Morgan fingerprint density at radius 3 is 2.61 bits per heavy atom. The Balaban J connectivity index is 1.51. The SMILES string of the molecule is COc1cc2c(cc1OC)C1CC(COC(=O)N3CCNC[C@@H]3C)C(CC(C)C)CN1CC2. The Morgan fingerprint density at radius 1 is 1.15 bits per heavy atom. The summed E-state index contributed by atoms with van der Waals surface area (Å²) in [5.41, 5.74) is 2.69. The van der Waals surface area contributed by atoms with Gasteiger partial charge in [-0.1, -0.05) is 13.8 Å². The number of ether oxygens (including phenoxy) is 3. The van der Waals surface area contributed by atoms with Gasteiger partial charge in [0.05, 0.1) is 20.8 Å².